The van der Waals surface area contributed by atoms with Gasteiger partial charge in [-0.1, -0.05) is 38.1 Å². The summed E-state index contributed by atoms with van der Waals surface area (Å²) < 4.78 is 17.4. The molecular formula is C17H16O3. The normalized spacial score (nSPS) is 15.9. The smallest absolute Gasteiger partial charge is 0.311 e. The summed E-state index contributed by atoms with van der Waals surface area (Å²) in [7, 11) is 0. The standard InChI is InChI=1S/C15H10O3.C2H6/c1-3-7-13-11(5-1)15(16-9-10-17-15)12-6-2-4-8-14(12)18-13;1-2/h1-10H;1-2H3. The van der Waals surface area contributed by atoms with Gasteiger partial charge in [0.25, 0.3) is 0 Å². The van der Waals surface area contributed by atoms with Gasteiger partial charge in [-0.3, -0.25) is 0 Å². The lowest BCUT2D eigenvalue weighted by Crippen LogP contribution is -2.32. The molecule has 3 heteroatoms. The zero-order chi connectivity index (χ0) is 14.0. The second-order valence-electron chi connectivity index (χ2n) is 4.22. The van der Waals surface area contributed by atoms with Gasteiger partial charge in [0.1, 0.15) is 24.0 Å². The van der Waals surface area contributed by atoms with Crippen molar-refractivity contribution in [1.29, 1.82) is 0 Å². The molecule has 2 aliphatic rings. The highest BCUT2D eigenvalue weighted by molar-refractivity contribution is 5.54. The molecule has 1 spiro atoms. The molecule has 2 aromatic carbocycles. The highest BCUT2D eigenvalue weighted by Crippen LogP contribution is 2.50. The lowest BCUT2D eigenvalue weighted by atomic mass is 9.93. The lowest BCUT2D eigenvalue weighted by Gasteiger charge is -2.34. The topological polar surface area (TPSA) is 27.7 Å². The van der Waals surface area contributed by atoms with Gasteiger partial charge in [0.05, 0.1) is 11.1 Å². The highest BCUT2D eigenvalue weighted by Gasteiger charge is 2.47. The zero-order valence-corrected chi connectivity index (χ0v) is 11.5. The minimum atomic E-state index is -0.897. The summed E-state index contributed by atoms with van der Waals surface area (Å²) in [5.74, 6) is 0.630. The summed E-state index contributed by atoms with van der Waals surface area (Å²) in [5, 5.41) is 0. The summed E-state index contributed by atoms with van der Waals surface area (Å²) in [6.07, 6.45) is 3.14. The van der Waals surface area contributed by atoms with Gasteiger partial charge in [-0.2, -0.15) is 0 Å². The Hall–Kier alpha value is -2.42. The van der Waals surface area contributed by atoms with Gasteiger partial charge in [0.15, 0.2) is 0 Å². The van der Waals surface area contributed by atoms with Gasteiger partial charge in [0.2, 0.25) is 0 Å². The summed E-state index contributed by atoms with van der Waals surface area (Å²) in [5.41, 5.74) is 1.77. The van der Waals surface area contributed by atoms with Crippen LogP contribution in [0.3, 0.4) is 0 Å². The molecule has 0 radical (unpaired) electrons. The summed E-state index contributed by atoms with van der Waals surface area (Å²) >= 11 is 0. The van der Waals surface area contributed by atoms with E-state index in [4.69, 9.17) is 14.2 Å². The van der Waals surface area contributed by atoms with Crippen LogP contribution in [-0.4, -0.2) is 0 Å². The van der Waals surface area contributed by atoms with E-state index in [0.717, 1.165) is 22.6 Å². The molecule has 3 nitrogen and oxygen atoms in total. The Bertz CT molecular complexity index is 591. The SMILES string of the molecule is C1=COC2(O1)c1ccccc1Oc1ccccc12.CC. The van der Waals surface area contributed by atoms with E-state index in [-0.39, 0.29) is 0 Å². The monoisotopic (exact) mass is 268 g/mol. The number of fused-ring (bicyclic) bond motifs is 4. The molecule has 0 aliphatic carbocycles. The maximum absolute atomic E-state index is 5.88. The lowest BCUT2D eigenvalue weighted by molar-refractivity contribution is -0.118. The Morgan fingerprint density at radius 2 is 1.15 bits per heavy atom. The van der Waals surface area contributed by atoms with E-state index in [1.807, 2.05) is 62.4 Å². The number of hydrogen-bond acceptors (Lipinski definition) is 3. The van der Waals surface area contributed by atoms with Crippen LogP contribution < -0.4 is 4.74 Å². The highest BCUT2D eigenvalue weighted by atomic mass is 16.7. The van der Waals surface area contributed by atoms with Crippen LogP contribution in [0.5, 0.6) is 11.5 Å². The third-order valence-electron chi connectivity index (χ3n) is 3.23. The maximum atomic E-state index is 5.88. The molecule has 2 aliphatic heterocycles. The molecule has 2 aromatic rings. The molecule has 0 saturated heterocycles. The van der Waals surface area contributed by atoms with Gasteiger partial charge in [-0.15, -0.1) is 0 Å². The van der Waals surface area contributed by atoms with Crippen molar-refractivity contribution in [2.75, 3.05) is 0 Å². The first-order chi connectivity index (χ1) is 9.90. The number of rotatable bonds is 0. The first-order valence-corrected chi connectivity index (χ1v) is 6.78. The van der Waals surface area contributed by atoms with Crippen molar-refractivity contribution < 1.29 is 14.2 Å². The fourth-order valence-corrected chi connectivity index (χ4v) is 2.45. The average molecular weight is 268 g/mol. The second-order valence-corrected chi connectivity index (χ2v) is 4.22. The Balaban J connectivity index is 0.000000581. The van der Waals surface area contributed by atoms with Crippen molar-refractivity contribution in [3.05, 3.63) is 72.2 Å². The zero-order valence-electron chi connectivity index (χ0n) is 11.5. The molecule has 0 aromatic heterocycles. The molecule has 0 unspecified atom stereocenters. The molecule has 2 heterocycles. The second kappa shape index (κ2) is 4.93. The summed E-state index contributed by atoms with van der Waals surface area (Å²) in [4.78, 5) is 0. The van der Waals surface area contributed by atoms with Crippen molar-refractivity contribution in [2.45, 2.75) is 19.6 Å². The third kappa shape index (κ3) is 1.67. The van der Waals surface area contributed by atoms with Gasteiger partial charge < -0.3 is 14.2 Å². The van der Waals surface area contributed by atoms with Crippen LogP contribution in [0.15, 0.2) is 61.1 Å². The molecule has 20 heavy (non-hydrogen) atoms. The number of benzene rings is 2. The van der Waals surface area contributed by atoms with E-state index >= 15 is 0 Å². The first-order valence-electron chi connectivity index (χ1n) is 6.78. The largest absolute Gasteiger partial charge is 0.456 e. The quantitative estimate of drug-likeness (QED) is 0.702. The van der Waals surface area contributed by atoms with E-state index in [0.29, 0.717) is 0 Å². The van der Waals surface area contributed by atoms with Crippen LogP contribution in [0.25, 0.3) is 0 Å². The molecule has 102 valence electrons. The van der Waals surface area contributed by atoms with E-state index < -0.39 is 5.79 Å². The van der Waals surface area contributed by atoms with Crippen LogP contribution in [0.2, 0.25) is 0 Å². The van der Waals surface area contributed by atoms with Crippen molar-refractivity contribution in [3.63, 3.8) is 0 Å². The molecular weight excluding hydrogens is 252 g/mol. The van der Waals surface area contributed by atoms with Gasteiger partial charge in [-0.25, -0.2) is 0 Å². The Morgan fingerprint density at radius 3 is 1.65 bits per heavy atom. The van der Waals surface area contributed by atoms with E-state index in [9.17, 15) is 0 Å². The van der Waals surface area contributed by atoms with E-state index in [1.54, 1.807) is 12.5 Å². The van der Waals surface area contributed by atoms with Crippen molar-refractivity contribution >= 4 is 0 Å². The molecule has 4 rings (SSSR count). The molecule has 0 fully saturated rings. The molecule has 0 N–H and O–H groups in total. The Labute approximate surface area is 118 Å². The molecule has 0 amide bonds. The van der Waals surface area contributed by atoms with Crippen molar-refractivity contribution in [2.24, 2.45) is 0 Å². The fourth-order valence-electron chi connectivity index (χ4n) is 2.45. The number of hydrogen-bond donors (Lipinski definition) is 0. The predicted molar refractivity (Wildman–Crippen MR) is 76.4 cm³/mol. The summed E-state index contributed by atoms with van der Waals surface area (Å²) in [6.45, 7) is 4.00. The fraction of sp³-hybridized carbons (Fsp3) is 0.176. The van der Waals surface area contributed by atoms with Crippen LogP contribution >= 0.6 is 0 Å². The van der Waals surface area contributed by atoms with Gasteiger partial charge in [0, 0.05) is 0 Å². The number of ether oxygens (including phenoxy) is 3. The van der Waals surface area contributed by atoms with Crippen molar-refractivity contribution in [1.82, 2.24) is 0 Å². The van der Waals surface area contributed by atoms with Crippen LogP contribution in [0, 0.1) is 0 Å². The Kier molecular flexibility index (Phi) is 3.11. The minimum Gasteiger partial charge on any atom is -0.456 e. The molecule has 0 saturated carbocycles. The minimum absolute atomic E-state index is 0.764. The van der Waals surface area contributed by atoms with E-state index in [2.05, 4.69) is 0 Å². The number of para-hydroxylation sites is 2. The average Bonchev–Trinajstić information content (AvgIpc) is 3.00. The Morgan fingerprint density at radius 1 is 0.700 bits per heavy atom. The predicted octanol–water partition coefficient (Wildman–Crippen LogP) is 4.54. The third-order valence-corrected chi connectivity index (χ3v) is 3.23. The van der Waals surface area contributed by atoms with Crippen LogP contribution in [-0.2, 0) is 15.3 Å². The van der Waals surface area contributed by atoms with Crippen LogP contribution in [0.4, 0.5) is 0 Å². The summed E-state index contributed by atoms with van der Waals surface area (Å²) in [6, 6.07) is 15.5. The molecule has 0 atom stereocenters. The van der Waals surface area contributed by atoms with Gasteiger partial charge >= 0.3 is 5.79 Å². The van der Waals surface area contributed by atoms with Crippen LogP contribution in [0.1, 0.15) is 25.0 Å². The first kappa shape index (κ1) is 12.6. The maximum Gasteiger partial charge on any atom is 0.311 e. The van der Waals surface area contributed by atoms with Gasteiger partial charge in [-0.05, 0) is 24.3 Å². The molecule has 0 bridgehead atoms. The van der Waals surface area contributed by atoms with Crippen molar-refractivity contribution in [3.8, 4) is 11.5 Å². The van der Waals surface area contributed by atoms with E-state index in [1.165, 1.54) is 0 Å².